The minimum absolute atomic E-state index is 0.173. The second kappa shape index (κ2) is 9.20. The van der Waals surface area contributed by atoms with Crippen molar-refractivity contribution in [3.63, 3.8) is 0 Å². The minimum Gasteiger partial charge on any atom is -0.393 e. The summed E-state index contributed by atoms with van der Waals surface area (Å²) in [6, 6.07) is 12.0. The maximum atomic E-state index is 9.69. The van der Waals surface area contributed by atoms with Crippen molar-refractivity contribution < 1.29 is 5.11 Å². The summed E-state index contributed by atoms with van der Waals surface area (Å²) in [5.74, 6) is 1.55. The van der Waals surface area contributed by atoms with Gasteiger partial charge in [-0.3, -0.25) is 4.98 Å². The van der Waals surface area contributed by atoms with Crippen LogP contribution < -0.4 is 10.6 Å². The number of halogens is 1. The summed E-state index contributed by atoms with van der Waals surface area (Å²) in [5, 5.41) is 17.0. The molecular formula is C22H24ClN5O. The first-order valence-electron chi connectivity index (χ1n) is 9.88. The maximum absolute atomic E-state index is 9.69. The molecule has 4 rings (SSSR count). The highest BCUT2D eigenvalue weighted by Crippen LogP contribution is 2.30. The number of aromatic nitrogens is 3. The first kappa shape index (κ1) is 19.6. The molecule has 1 fully saturated rings. The normalized spacial score (nSPS) is 19.0. The molecule has 0 spiro atoms. The molecule has 3 N–H and O–H groups in total. The van der Waals surface area contributed by atoms with Crippen molar-refractivity contribution in [2.24, 2.45) is 0 Å². The number of pyridine rings is 3. The second-order valence-electron chi connectivity index (χ2n) is 7.32. The molecule has 0 amide bonds. The summed E-state index contributed by atoms with van der Waals surface area (Å²) < 4.78 is 0. The topological polar surface area (TPSA) is 83.0 Å². The number of hydrogen-bond donors (Lipinski definition) is 3. The monoisotopic (exact) mass is 409 g/mol. The highest BCUT2D eigenvalue weighted by atomic mass is 35.5. The minimum atomic E-state index is -0.173. The molecule has 1 saturated carbocycles. The second-order valence-corrected chi connectivity index (χ2v) is 7.73. The smallest absolute Gasteiger partial charge is 0.126 e. The van der Waals surface area contributed by atoms with Gasteiger partial charge in [-0.1, -0.05) is 23.7 Å². The SMILES string of the molecule is OC1CCC(Nc2cc(-c3cccc(NCc4cccnc4)n3)c(Cl)cn2)CC1. The molecule has 1 aliphatic carbocycles. The number of nitrogens with one attached hydrogen (secondary N) is 2. The predicted octanol–water partition coefficient (Wildman–Crippen LogP) is 4.52. The quantitative estimate of drug-likeness (QED) is 0.555. The summed E-state index contributed by atoms with van der Waals surface area (Å²) in [4.78, 5) is 13.3. The zero-order valence-corrected chi connectivity index (χ0v) is 16.8. The van der Waals surface area contributed by atoms with Gasteiger partial charge in [-0.15, -0.1) is 0 Å². The van der Waals surface area contributed by atoms with Crippen LogP contribution in [0.5, 0.6) is 0 Å². The van der Waals surface area contributed by atoms with Crippen LogP contribution in [0.4, 0.5) is 11.6 Å². The van der Waals surface area contributed by atoms with Crippen molar-refractivity contribution in [3.8, 4) is 11.3 Å². The lowest BCUT2D eigenvalue weighted by atomic mass is 9.93. The third-order valence-electron chi connectivity index (χ3n) is 5.13. The molecule has 0 aromatic carbocycles. The Morgan fingerprint density at radius 3 is 2.69 bits per heavy atom. The van der Waals surface area contributed by atoms with Crippen molar-refractivity contribution in [1.82, 2.24) is 15.0 Å². The first-order chi connectivity index (χ1) is 14.2. The molecular weight excluding hydrogens is 386 g/mol. The third kappa shape index (κ3) is 5.22. The number of aliphatic hydroxyl groups is 1. The van der Waals surface area contributed by atoms with E-state index in [0.29, 0.717) is 17.6 Å². The van der Waals surface area contributed by atoms with Crippen molar-refractivity contribution in [1.29, 1.82) is 0 Å². The van der Waals surface area contributed by atoms with Crippen LogP contribution in [0, 0.1) is 0 Å². The van der Waals surface area contributed by atoms with Crippen molar-refractivity contribution in [2.45, 2.75) is 44.4 Å². The molecule has 150 valence electrons. The highest BCUT2D eigenvalue weighted by Gasteiger charge is 2.20. The maximum Gasteiger partial charge on any atom is 0.126 e. The third-order valence-corrected chi connectivity index (χ3v) is 5.43. The molecule has 0 radical (unpaired) electrons. The van der Waals surface area contributed by atoms with Gasteiger partial charge in [0, 0.05) is 36.7 Å². The van der Waals surface area contributed by atoms with Crippen LogP contribution in [-0.2, 0) is 6.54 Å². The van der Waals surface area contributed by atoms with Crippen LogP contribution in [0.15, 0.2) is 55.0 Å². The van der Waals surface area contributed by atoms with Gasteiger partial charge in [0.1, 0.15) is 11.6 Å². The van der Waals surface area contributed by atoms with Crippen LogP contribution >= 0.6 is 11.6 Å². The highest BCUT2D eigenvalue weighted by molar-refractivity contribution is 6.33. The van der Waals surface area contributed by atoms with E-state index in [-0.39, 0.29) is 6.10 Å². The van der Waals surface area contributed by atoms with Gasteiger partial charge < -0.3 is 15.7 Å². The number of nitrogens with zero attached hydrogens (tertiary/aromatic N) is 3. The molecule has 0 bridgehead atoms. The Labute approximate surface area is 175 Å². The summed E-state index contributed by atoms with van der Waals surface area (Å²) in [7, 11) is 0. The van der Waals surface area contributed by atoms with Gasteiger partial charge in [0.2, 0.25) is 0 Å². The average Bonchev–Trinajstić information content (AvgIpc) is 2.76. The van der Waals surface area contributed by atoms with Crippen molar-refractivity contribution in [3.05, 3.63) is 65.6 Å². The van der Waals surface area contributed by atoms with E-state index in [4.69, 9.17) is 16.6 Å². The number of rotatable bonds is 6. The van der Waals surface area contributed by atoms with Gasteiger partial charge in [-0.2, -0.15) is 0 Å². The Balaban J connectivity index is 1.48. The zero-order valence-electron chi connectivity index (χ0n) is 16.1. The van der Waals surface area contributed by atoms with Crippen LogP contribution in [0.1, 0.15) is 31.2 Å². The van der Waals surface area contributed by atoms with E-state index in [9.17, 15) is 5.11 Å². The van der Waals surface area contributed by atoms with Gasteiger partial charge in [-0.25, -0.2) is 9.97 Å². The van der Waals surface area contributed by atoms with Crippen LogP contribution in [0.2, 0.25) is 5.02 Å². The molecule has 6 nitrogen and oxygen atoms in total. The van der Waals surface area contributed by atoms with E-state index < -0.39 is 0 Å². The molecule has 3 aromatic heterocycles. The Morgan fingerprint density at radius 2 is 1.90 bits per heavy atom. The molecule has 0 saturated heterocycles. The van der Waals surface area contributed by atoms with Crippen LogP contribution in [-0.4, -0.2) is 32.2 Å². The number of hydrogen-bond acceptors (Lipinski definition) is 6. The van der Waals surface area contributed by atoms with E-state index in [0.717, 1.165) is 54.1 Å². The largest absolute Gasteiger partial charge is 0.393 e. The number of aliphatic hydroxyl groups excluding tert-OH is 1. The zero-order chi connectivity index (χ0) is 20.1. The fourth-order valence-corrected chi connectivity index (χ4v) is 3.72. The lowest BCUT2D eigenvalue weighted by molar-refractivity contribution is 0.126. The lowest BCUT2D eigenvalue weighted by Crippen LogP contribution is -2.28. The average molecular weight is 410 g/mol. The van der Waals surface area contributed by atoms with Crippen molar-refractivity contribution in [2.75, 3.05) is 10.6 Å². The summed E-state index contributed by atoms with van der Waals surface area (Å²) in [6.07, 6.45) is 8.60. The first-order valence-corrected chi connectivity index (χ1v) is 10.3. The van der Waals surface area contributed by atoms with Gasteiger partial charge in [0.05, 0.1) is 16.8 Å². The Morgan fingerprint density at radius 1 is 1.03 bits per heavy atom. The Kier molecular flexibility index (Phi) is 6.22. The van der Waals surface area contributed by atoms with E-state index >= 15 is 0 Å². The molecule has 3 aromatic rings. The van der Waals surface area contributed by atoms with Crippen LogP contribution in [0.25, 0.3) is 11.3 Å². The van der Waals surface area contributed by atoms with Crippen LogP contribution in [0.3, 0.4) is 0 Å². The predicted molar refractivity (Wildman–Crippen MR) is 116 cm³/mol. The van der Waals surface area contributed by atoms with E-state index in [1.54, 1.807) is 12.4 Å². The Hall–Kier alpha value is -2.70. The molecule has 3 heterocycles. The molecule has 7 heteroatoms. The van der Waals surface area contributed by atoms with Crippen molar-refractivity contribution >= 4 is 23.2 Å². The standard InChI is InChI=1S/C22H24ClN5O/c23-19-14-26-22(27-16-6-8-17(29)9-7-16)11-18(19)20-4-1-5-21(28-20)25-13-15-3-2-10-24-12-15/h1-5,10-12,14,16-17,29H,6-9,13H2,(H,25,28)(H,26,27). The molecule has 0 atom stereocenters. The van der Waals surface area contributed by atoms with Gasteiger partial charge >= 0.3 is 0 Å². The van der Waals surface area contributed by atoms with Gasteiger partial charge in [0.25, 0.3) is 0 Å². The number of anilines is 2. The van der Waals surface area contributed by atoms with Gasteiger partial charge in [-0.05, 0) is 55.5 Å². The van der Waals surface area contributed by atoms with E-state index in [2.05, 4.69) is 20.6 Å². The fourth-order valence-electron chi connectivity index (χ4n) is 3.52. The molecule has 0 aliphatic heterocycles. The summed E-state index contributed by atoms with van der Waals surface area (Å²) >= 11 is 6.43. The van der Waals surface area contributed by atoms with E-state index in [1.165, 1.54) is 0 Å². The molecule has 29 heavy (non-hydrogen) atoms. The lowest BCUT2D eigenvalue weighted by Gasteiger charge is -2.26. The van der Waals surface area contributed by atoms with E-state index in [1.807, 2.05) is 42.6 Å². The van der Waals surface area contributed by atoms with Gasteiger partial charge in [0.15, 0.2) is 0 Å². The Bertz CT molecular complexity index is 945. The fraction of sp³-hybridized carbons (Fsp3) is 0.318. The molecule has 1 aliphatic rings. The summed E-state index contributed by atoms with van der Waals surface area (Å²) in [5.41, 5.74) is 2.71. The summed E-state index contributed by atoms with van der Waals surface area (Å²) in [6.45, 7) is 0.648. The molecule has 0 unspecified atom stereocenters.